The van der Waals surface area contributed by atoms with E-state index in [1.165, 1.54) is 11.1 Å². The lowest BCUT2D eigenvalue weighted by molar-refractivity contribution is 0.282. The fraction of sp³-hybridized carbons (Fsp3) is 0.200. The summed E-state index contributed by atoms with van der Waals surface area (Å²) in [6.45, 7) is 1.83. The van der Waals surface area contributed by atoms with Crippen molar-refractivity contribution in [3.8, 4) is 0 Å². The SMILES string of the molecule is OCc1ccc(N2Cc3ccccc3C2)cc1Cl. The van der Waals surface area contributed by atoms with Crippen molar-refractivity contribution in [2.75, 3.05) is 4.90 Å². The summed E-state index contributed by atoms with van der Waals surface area (Å²) in [6, 6.07) is 14.3. The smallest absolute Gasteiger partial charge is 0.0696 e. The zero-order valence-electron chi connectivity index (χ0n) is 9.94. The number of anilines is 1. The van der Waals surface area contributed by atoms with Gasteiger partial charge in [-0.15, -0.1) is 0 Å². The summed E-state index contributed by atoms with van der Waals surface area (Å²) >= 11 is 6.13. The van der Waals surface area contributed by atoms with Gasteiger partial charge in [-0.1, -0.05) is 41.9 Å². The number of rotatable bonds is 2. The predicted molar refractivity (Wildman–Crippen MR) is 73.7 cm³/mol. The molecule has 2 aromatic rings. The van der Waals surface area contributed by atoms with Crippen molar-refractivity contribution < 1.29 is 5.11 Å². The molecule has 2 aromatic carbocycles. The second-order valence-electron chi connectivity index (χ2n) is 4.56. The summed E-state index contributed by atoms with van der Waals surface area (Å²) in [5, 5.41) is 9.75. The molecule has 0 fully saturated rings. The third kappa shape index (κ3) is 1.98. The van der Waals surface area contributed by atoms with Crippen molar-refractivity contribution in [3.63, 3.8) is 0 Å². The first-order valence-electron chi connectivity index (χ1n) is 5.99. The molecule has 0 bridgehead atoms. The summed E-state index contributed by atoms with van der Waals surface area (Å²) in [5.41, 5.74) is 4.63. The van der Waals surface area contributed by atoms with E-state index in [0.29, 0.717) is 5.02 Å². The van der Waals surface area contributed by atoms with Gasteiger partial charge < -0.3 is 10.0 Å². The first kappa shape index (κ1) is 11.6. The number of nitrogens with zero attached hydrogens (tertiary/aromatic N) is 1. The largest absolute Gasteiger partial charge is 0.392 e. The third-order valence-electron chi connectivity index (χ3n) is 3.41. The van der Waals surface area contributed by atoms with Crippen molar-refractivity contribution in [1.82, 2.24) is 0 Å². The maximum atomic E-state index is 9.12. The lowest BCUT2D eigenvalue weighted by atomic mass is 10.1. The molecule has 3 rings (SSSR count). The van der Waals surface area contributed by atoms with E-state index in [1.54, 1.807) is 0 Å². The van der Waals surface area contributed by atoms with Crippen LogP contribution in [0.5, 0.6) is 0 Å². The molecule has 1 aliphatic rings. The highest BCUT2D eigenvalue weighted by molar-refractivity contribution is 6.31. The van der Waals surface area contributed by atoms with Gasteiger partial charge in [0.1, 0.15) is 0 Å². The molecule has 92 valence electrons. The highest BCUT2D eigenvalue weighted by Gasteiger charge is 2.18. The fourth-order valence-electron chi connectivity index (χ4n) is 2.38. The molecule has 1 heterocycles. The quantitative estimate of drug-likeness (QED) is 0.894. The molecule has 0 atom stereocenters. The van der Waals surface area contributed by atoms with Gasteiger partial charge in [0.2, 0.25) is 0 Å². The van der Waals surface area contributed by atoms with Crippen LogP contribution < -0.4 is 4.90 Å². The minimum Gasteiger partial charge on any atom is -0.392 e. The standard InChI is InChI=1S/C15H14ClNO/c16-15-7-14(6-5-13(15)10-18)17-8-11-3-1-2-4-12(11)9-17/h1-7,18H,8-10H2. The zero-order chi connectivity index (χ0) is 12.5. The van der Waals surface area contributed by atoms with Crippen LogP contribution in [-0.2, 0) is 19.7 Å². The summed E-state index contributed by atoms with van der Waals surface area (Å²) in [6.07, 6.45) is 0. The summed E-state index contributed by atoms with van der Waals surface area (Å²) in [5.74, 6) is 0. The van der Waals surface area contributed by atoms with Crippen LogP contribution >= 0.6 is 11.6 Å². The monoisotopic (exact) mass is 259 g/mol. The van der Waals surface area contributed by atoms with Gasteiger partial charge in [-0.05, 0) is 28.8 Å². The van der Waals surface area contributed by atoms with Crippen LogP contribution in [0.4, 0.5) is 5.69 Å². The number of benzene rings is 2. The molecule has 0 aliphatic carbocycles. The molecule has 1 N–H and O–H groups in total. The minimum atomic E-state index is -0.0145. The van der Waals surface area contributed by atoms with Crippen LogP contribution in [0.1, 0.15) is 16.7 Å². The molecule has 0 amide bonds. The van der Waals surface area contributed by atoms with Gasteiger partial charge in [-0.3, -0.25) is 0 Å². The lowest BCUT2D eigenvalue weighted by Gasteiger charge is -2.18. The van der Waals surface area contributed by atoms with Gasteiger partial charge in [-0.25, -0.2) is 0 Å². The molecule has 2 nitrogen and oxygen atoms in total. The maximum absolute atomic E-state index is 9.12. The Morgan fingerprint density at radius 1 is 1.06 bits per heavy atom. The topological polar surface area (TPSA) is 23.5 Å². The Labute approximate surface area is 111 Å². The van der Waals surface area contributed by atoms with Gasteiger partial charge >= 0.3 is 0 Å². The van der Waals surface area contributed by atoms with Crippen molar-refractivity contribution in [2.45, 2.75) is 19.7 Å². The Hall–Kier alpha value is -1.51. The predicted octanol–water partition coefficient (Wildman–Crippen LogP) is 3.35. The number of hydrogen-bond donors (Lipinski definition) is 1. The van der Waals surface area contributed by atoms with Crippen LogP contribution in [0.15, 0.2) is 42.5 Å². The number of aliphatic hydroxyl groups is 1. The fourth-order valence-corrected chi connectivity index (χ4v) is 2.61. The molecular formula is C15H14ClNO. The Bertz CT molecular complexity index is 557. The normalized spacial score (nSPS) is 13.8. The molecular weight excluding hydrogens is 246 g/mol. The van der Waals surface area contributed by atoms with E-state index in [9.17, 15) is 0 Å². The highest BCUT2D eigenvalue weighted by atomic mass is 35.5. The summed E-state index contributed by atoms with van der Waals surface area (Å²) in [4.78, 5) is 2.29. The van der Waals surface area contributed by atoms with E-state index in [0.717, 1.165) is 24.3 Å². The van der Waals surface area contributed by atoms with Gasteiger partial charge in [-0.2, -0.15) is 0 Å². The zero-order valence-corrected chi connectivity index (χ0v) is 10.7. The maximum Gasteiger partial charge on any atom is 0.0696 e. The molecule has 0 radical (unpaired) electrons. The van der Waals surface area contributed by atoms with E-state index < -0.39 is 0 Å². The van der Waals surface area contributed by atoms with Crippen LogP contribution in [-0.4, -0.2) is 5.11 Å². The number of fused-ring (bicyclic) bond motifs is 1. The Kier molecular flexibility index (Phi) is 2.98. The first-order chi connectivity index (χ1) is 8.78. The van der Waals surface area contributed by atoms with E-state index in [1.807, 2.05) is 18.2 Å². The average molecular weight is 260 g/mol. The van der Waals surface area contributed by atoms with Crippen molar-refractivity contribution >= 4 is 17.3 Å². The van der Waals surface area contributed by atoms with E-state index >= 15 is 0 Å². The number of aliphatic hydroxyl groups excluding tert-OH is 1. The Morgan fingerprint density at radius 2 is 1.72 bits per heavy atom. The lowest BCUT2D eigenvalue weighted by Crippen LogP contribution is -2.14. The van der Waals surface area contributed by atoms with Gasteiger partial charge in [0, 0.05) is 23.8 Å². The Morgan fingerprint density at radius 3 is 2.28 bits per heavy atom. The highest BCUT2D eigenvalue weighted by Crippen LogP contribution is 2.30. The van der Waals surface area contributed by atoms with Gasteiger partial charge in [0.05, 0.1) is 6.61 Å². The van der Waals surface area contributed by atoms with E-state index in [4.69, 9.17) is 16.7 Å². The molecule has 3 heteroatoms. The summed E-state index contributed by atoms with van der Waals surface area (Å²) < 4.78 is 0. The molecule has 1 aliphatic heterocycles. The van der Waals surface area contributed by atoms with Crippen LogP contribution in [0, 0.1) is 0 Å². The van der Waals surface area contributed by atoms with Crippen molar-refractivity contribution in [3.05, 3.63) is 64.2 Å². The molecule has 0 unspecified atom stereocenters. The second kappa shape index (κ2) is 4.63. The van der Waals surface area contributed by atoms with Crippen LogP contribution in [0.25, 0.3) is 0 Å². The number of halogens is 1. The van der Waals surface area contributed by atoms with Crippen molar-refractivity contribution in [2.24, 2.45) is 0 Å². The van der Waals surface area contributed by atoms with Crippen LogP contribution in [0.3, 0.4) is 0 Å². The average Bonchev–Trinajstić information content (AvgIpc) is 2.82. The van der Waals surface area contributed by atoms with E-state index in [2.05, 4.69) is 29.2 Å². The van der Waals surface area contributed by atoms with Gasteiger partial charge in [0.25, 0.3) is 0 Å². The molecule has 18 heavy (non-hydrogen) atoms. The second-order valence-corrected chi connectivity index (χ2v) is 4.97. The van der Waals surface area contributed by atoms with Gasteiger partial charge in [0.15, 0.2) is 0 Å². The number of hydrogen-bond acceptors (Lipinski definition) is 2. The molecule has 0 spiro atoms. The van der Waals surface area contributed by atoms with Crippen LogP contribution in [0.2, 0.25) is 5.02 Å². The molecule has 0 aromatic heterocycles. The first-order valence-corrected chi connectivity index (χ1v) is 6.37. The van der Waals surface area contributed by atoms with Crippen molar-refractivity contribution in [1.29, 1.82) is 0 Å². The Balaban J connectivity index is 1.88. The molecule has 0 saturated carbocycles. The third-order valence-corrected chi connectivity index (χ3v) is 3.76. The molecule has 0 saturated heterocycles. The summed E-state index contributed by atoms with van der Waals surface area (Å²) in [7, 11) is 0. The minimum absolute atomic E-state index is 0.0145. The van der Waals surface area contributed by atoms with E-state index in [-0.39, 0.29) is 6.61 Å².